The zero-order chi connectivity index (χ0) is 15.7. The lowest BCUT2D eigenvalue weighted by Crippen LogP contribution is -2.55. The van der Waals surface area contributed by atoms with Crippen LogP contribution in [0.2, 0.25) is 0 Å². The first-order valence-electron chi connectivity index (χ1n) is 7.77. The molecule has 2 aliphatic rings. The number of hydrogen-bond acceptors (Lipinski definition) is 4. The van der Waals surface area contributed by atoms with Gasteiger partial charge in [0.2, 0.25) is 0 Å². The number of hydrogen-bond donors (Lipinski definition) is 1. The van der Waals surface area contributed by atoms with Gasteiger partial charge in [0.15, 0.2) is 0 Å². The van der Waals surface area contributed by atoms with Gasteiger partial charge < -0.3 is 4.98 Å². The summed E-state index contributed by atoms with van der Waals surface area (Å²) >= 11 is 0. The molecule has 1 aromatic rings. The molecule has 1 aromatic heterocycles. The van der Waals surface area contributed by atoms with Crippen LogP contribution in [0.4, 0.5) is 0 Å². The average Bonchev–Trinajstić information content (AvgIpc) is 2.45. The molecule has 1 saturated carbocycles. The third-order valence-corrected chi connectivity index (χ3v) is 6.68. The summed E-state index contributed by atoms with van der Waals surface area (Å²) in [6.45, 7) is 0.763. The van der Waals surface area contributed by atoms with E-state index >= 15 is 0 Å². The fraction of sp³-hybridized carbons (Fsp3) is 0.714. The minimum absolute atomic E-state index is 0.0246. The van der Waals surface area contributed by atoms with Crippen LogP contribution in [0.15, 0.2) is 17.1 Å². The first-order chi connectivity index (χ1) is 10.5. The topological polar surface area (TPSA) is 86.4 Å². The number of aromatic amines is 1. The van der Waals surface area contributed by atoms with E-state index < -0.39 is 10.2 Å². The largest absolute Gasteiger partial charge is 0.310 e. The molecule has 122 valence electrons. The van der Waals surface area contributed by atoms with E-state index in [-0.39, 0.29) is 17.5 Å². The van der Waals surface area contributed by atoms with Gasteiger partial charge in [0.25, 0.3) is 15.8 Å². The molecule has 1 N–H and O–H groups in total. The van der Waals surface area contributed by atoms with Crippen LogP contribution < -0.4 is 5.56 Å². The zero-order valence-corrected chi connectivity index (χ0v) is 13.6. The lowest BCUT2D eigenvalue weighted by atomic mass is 9.96. The maximum absolute atomic E-state index is 12.6. The zero-order valence-electron chi connectivity index (χ0n) is 12.7. The summed E-state index contributed by atoms with van der Waals surface area (Å²) in [6.07, 6.45) is 6.74. The molecular formula is C14H22N4O3S. The summed E-state index contributed by atoms with van der Waals surface area (Å²) < 4.78 is 28.2. The van der Waals surface area contributed by atoms with Crippen LogP contribution in [0.25, 0.3) is 0 Å². The van der Waals surface area contributed by atoms with Crippen LogP contribution in [0.1, 0.15) is 43.8 Å². The van der Waals surface area contributed by atoms with E-state index in [9.17, 15) is 13.2 Å². The van der Waals surface area contributed by atoms with Crippen molar-refractivity contribution in [2.75, 3.05) is 20.1 Å². The molecule has 22 heavy (non-hydrogen) atoms. The highest BCUT2D eigenvalue weighted by molar-refractivity contribution is 7.86. The van der Waals surface area contributed by atoms with E-state index in [1.165, 1.54) is 27.3 Å². The molecule has 0 spiro atoms. The highest BCUT2D eigenvalue weighted by Crippen LogP contribution is 2.30. The van der Waals surface area contributed by atoms with Crippen molar-refractivity contribution in [3.8, 4) is 0 Å². The highest BCUT2D eigenvalue weighted by atomic mass is 32.2. The summed E-state index contributed by atoms with van der Waals surface area (Å²) in [7, 11) is -1.72. The predicted octanol–water partition coefficient (Wildman–Crippen LogP) is 0.678. The van der Waals surface area contributed by atoms with Gasteiger partial charge in [-0.2, -0.15) is 17.0 Å². The summed E-state index contributed by atoms with van der Waals surface area (Å²) in [5.74, 6) is 0.544. The van der Waals surface area contributed by atoms with Gasteiger partial charge in [-0.3, -0.25) is 4.79 Å². The number of H-pyrrole nitrogens is 1. The number of aromatic nitrogens is 2. The molecule has 0 radical (unpaired) electrons. The van der Waals surface area contributed by atoms with Gasteiger partial charge in [-0.15, -0.1) is 0 Å². The Morgan fingerprint density at radius 3 is 2.59 bits per heavy atom. The molecule has 1 aliphatic carbocycles. The van der Waals surface area contributed by atoms with Crippen LogP contribution in [-0.2, 0) is 10.2 Å². The molecule has 2 fully saturated rings. The van der Waals surface area contributed by atoms with E-state index in [1.807, 2.05) is 0 Å². The Morgan fingerprint density at radius 2 is 1.95 bits per heavy atom. The second-order valence-corrected chi connectivity index (χ2v) is 8.14. The molecule has 8 heteroatoms. The highest BCUT2D eigenvalue weighted by Gasteiger charge is 2.41. The summed E-state index contributed by atoms with van der Waals surface area (Å²) in [4.78, 5) is 18.1. The Labute approximate surface area is 130 Å². The van der Waals surface area contributed by atoms with Crippen molar-refractivity contribution in [1.82, 2.24) is 18.6 Å². The van der Waals surface area contributed by atoms with E-state index in [0.717, 1.165) is 25.7 Å². The Morgan fingerprint density at radius 1 is 1.27 bits per heavy atom. The Kier molecular flexibility index (Phi) is 4.33. The summed E-state index contributed by atoms with van der Waals surface area (Å²) in [6, 6.07) is 1.47. The lowest BCUT2D eigenvalue weighted by molar-refractivity contribution is 0.212. The van der Waals surface area contributed by atoms with Crippen molar-refractivity contribution >= 4 is 10.2 Å². The van der Waals surface area contributed by atoms with Crippen molar-refractivity contribution in [1.29, 1.82) is 0 Å². The average molecular weight is 326 g/mol. The van der Waals surface area contributed by atoms with Crippen LogP contribution >= 0.6 is 0 Å². The van der Waals surface area contributed by atoms with Gasteiger partial charge in [0.1, 0.15) is 5.82 Å². The second-order valence-electron chi connectivity index (χ2n) is 6.15. The Hall–Kier alpha value is -1.25. The summed E-state index contributed by atoms with van der Waals surface area (Å²) in [5, 5.41) is 0. The van der Waals surface area contributed by atoms with Crippen LogP contribution in [0, 0.1) is 0 Å². The molecule has 0 unspecified atom stereocenters. The number of nitrogens with zero attached hydrogens (tertiary/aromatic N) is 3. The standard InChI is InChI=1S/C14H22N4O3S/c1-17(12-5-3-2-4-6-12)22(20,21)18-9-11(10-18)14-15-8-7-13(19)16-14/h7-8,11-12H,2-6,9-10H2,1H3,(H,15,16,19). The second kappa shape index (κ2) is 6.10. The molecule has 1 saturated heterocycles. The first-order valence-corrected chi connectivity index (χ1v) is 9.16. The molecule has 2 heterocycles. The van der Waals surface area contributed by atoms with E-state index in [2.05, 4.69) is 9.97 Å². The molecule has 7 nitrogen and oxygen atoms in total. The molecular weight excluding hydrogens is 304 g/mol. The van der Waals surface area contributed by atoms with E-state index in [4.69, 9.17) is 0 Å². The van der Waals surface area contributed by atoms with Gasteiger partial charge in [0, 0.05) is 44.4 Å². The van der Waals surface area contributed by atoms with Gasteiger partial charge in [-0.25, -0.2) is 4.98 Å². The quantitative estimate of drug-likeness (QED) is 0.881. The van der Waals surface area contributed by atoms with Gasteiger partial charge in [0.05, 0.1) is 0 Å². The Bertz CT molecular complexity index is 675. The van der Waals surface area contributed by atoms with Crippen molar-refractivity contribution < 1.29 is 8.42 Å². The summed E-state index contributed by atoms with van der Waals surface area (Å²) in [5.41, 5.74) is -0.203. The molecule has 0 bridgehead atoms. The van der Waals surface area contributed by atoms with Gasteiger partial charge in [-0.1, -0.05) is 19.3 Å². The fourth-order valence-corrected chi connectivity index (χ4v) is 4.90. The molecule has 0 aromatic carbocycles. The fourth-order valence-electron chi connectivity index (χ4n) is 3.21. The van der Waals surface area contributed by atoms with Crippen molar-refractivity contribution in [3.63, 3.8) is 0 Å². The SMILES string of the molecule is CN(C1CCCCC1)S(=O)(=O)N1CC(c2nccc(=O)[nH]2)C1. The predicted molar refractivity (Wildman–Crippen MR) is 82.7 cm³/mol. The van der Waals surface area contributed by atoms with Gasteiger partial charge in [-0.05, 0) is 12.8 Å². The lowest BCUT2D eigenvalue weighted by Gasteiger charge is -2.41. The molecule has 1 aliphatic heterocycles. The van der Waals surface area contributed by atoms with Crippen LogP contribution in [-0.4, -0.2) is 53.2 Å². The molecule has 0 atom stereocenters. The smallest absolute Gasteiger partial charge is 0.282 e. The van der Waals surface area contributed by atoms with Crippen molar-refractivity contribution in [2.45, 2.75) is 44.1 Å². The third kappa shape index (κ3) is 2.95. The monoisotopic (exact) mass is 326 g/mol. The number of nitrogens with one attached hydrogen (secondary N) is 1. The minimum Gasteiger partial charge on any atom is -0.310 e. The van der Waals surface area contributed by atoms with E-state index in [1.54, 1.807) is 7.05 Å². The Balaban J connectivity index is 1.64. The van der Waals surface area contributed by atoms with Crippen molar-refractivity contribution in [3.05, 3.63) is 28.4 Å². The maximum Gasteiger partial charge on any atom is 0.282 e. The van der Waals surface area contributed by atoms with Crippen molar-refractivity contribution in [2.24, 2.45) is 0 Å². The first kappa shape index (κ1) is 15.6. The van der Waals surface area contributed by atoms with Crippen LogP contribution in [0.5, 0.6) is 0 Å². The molecule has 0 amide bonds. The maximum atomic E-state index is 12.6. The third-order valence-electron chi connectivity index (χ3n) is 4.70. The normalized spacial score (nSPS) is 21.9. The number of rotatable bonds is 4. The molecule has 3 rings (SSSR count). The van der Waals surface area contributed by atoms with Gasteiger partial charge >= 0.3 is 0 Å². The van der Waals surface area contributed by atoms with E-state index in [0.29, 0.717) is 18.9 Å². The van der Waals surface area contributed by atoms with Crippen LogP contribution in [0.3, 0.4) is 0 Å². The minimum atomic E-state index is -3.41.